The molecule has 0 aliphatic rings. The highest BCUT2D eigenvalue weighted by molar-refractivity contribution is 5.51. The maximum atomic E-state index is 9.42. The Labute approximate surface area is 129 Å². The van der Waals surface area contributed by atoms with Crippen LogP contribution in [0.3, 0.4) is 0 Å². The second-order valence-electron chi connectivity index (χ2n) is 5.66. The summed E-state index contributed by atoms with van der Waals surface area (Å²) in [6.45, 7) is 7.04. The predicted molar refractivity (Wildman–Crippen MR) is 90.0 cm³/mol. The van der Waals surface area contributed by atoms with Gasteiger partial charge in [-0.2, -0.15) is 0 Å². The van der Waals surface area contributed by atoms with Crippen LogP contribution in [0.15, 0.2) is 18.2 Å². The van der Waals surface area contributed by atoms with E-state index in [2.05, 4.69) is 19.2 Å². The summed E-state index contributed by atoms with van der Waals surface area (Å²) in [7, 11) is 0. The molecule has 0 radical (unpaired) electrons. The number of aliphatic hydroxyl groups is 1. The fourth-order valence-corrected chi connectivity index (χ4v) is 2.50. The minimum atomic E-state index is 0.0102. The maximum Gasteiger partial charge on any atom is 0.124 e. The lowest BCUT2D eigenvalue weighted by molar-refractivity contribution is 0.267. The average Bonchev–Trinajstić information content (AvgIpc) is 2.48. The van der Waals surface area contributed by atoms with Crippen LogP contribution in [0.4, 0.5) is 5.69 Å². The maximum absolute atomic E-state index is 9.42. The molecule has 0 saturated carbocycles. The zero-order valence-corrected chi connectivity index (χ0v) is 13.8. The van der Waals surface area contributed by atoms with Gasteiger partial charge in [0.15, 0.2) is 0 Å². The highest BCUT2D eigenvalue weighted by atomic mass is 16.5. The van der Waals surface area contributed by atoms with Crippen molar-refractivity contribution in [2.75, 3.05) is 11.9 Å². The molecule has 0 heterocycles. The topological polar surface area (TPSA) is 41.5 Å². The van der Waals surface area contributed by atoms with Crippen LogP contribution in [0.1, 0.15) is 64.9 Å². The molecule has 1 atom stereocenters. The Morgan fingerprint density at radius 2 is 1.90 bits per heavy atom. The Kier molecular flexibility index (Phi) is 8.91. The second kappa shape index (κ2) is 10.5. The van der Waals surface area contributed by atoms with E-state index in [1.807, 2.05) is 25.1 Å². The Morgan fingerprint density at radius 3 is 2.57 bits per heavy atom. The van der Waals surface area contributed by atoms with Gasteiger partial charge in [0.05, 0.1) is 13.2 Å². The predicted octanol–water partition coefficient (Wildman–Crippen LogP) is 4.74. The third-order valence-electron chi connectivity index (χ3n) is 3.68. The number of anilines is 1. The minimum absolute atomic E-state index is 0.0102. The van der Waals surface area contributed by atoms with Gasteiger partial charge < -0.3 is 15.2 Å². The van der Waals surface area contributed by atoms with Crippen molar-refractivity contribution in [2.24, 2.45) is 0 Å². The quantitative estimate of drug-likeness (QED) is 0.579. The van der Waals surface area contributed by atoms with Crippen molar-refractivity contribution in [3.05, 3.63) is 23.8 Å². The summed E-state index contributed by atoms with van der Waals surface area (Å²) >= 11 is 0. The summed E-state index contributed by atoms with van der Waals surface area (Å²) in [5.74, 6) is 0.776. The number of hydrogen-bond acceptors (Lipinski definition) is 3. The number of aliphatic hydroxyl groups excluding tert-OH is 1. The van der Waals surface area contributed by atoms with Crippen molar-refractivity contribution >= 4 is 5.69 Å². The lowest BCUT2D eigenvalue weighted by atomic mass is 10.1. The molecule has 0 saturated heterocycles. The fraction of sp³-hybridized carbons (Fsp3) is 0.667. The number of rotatable bonds is 11. The van der Waals surface area contributed by atoms with Gasteiger partial charge in [0.25, 0.3) is 0 Å². The summed E-state index contributed by atoms with van der Waals surface area (Å²) in [5.41, 5.74) is 1.90. The Hall–Kier alpha value is -1.22. The average molecular weight is 293 g/mol. The molecule has 0 fully saturated rings. The standard InChI is InChI=1S/C18H31NO2/c1-4-6-7-8-9-10-15(3)19-17-11-12-18(21-5-2)16(13-17)14-20/h11-13,15,19-20H,4-10,14H2,1-3H3. The molecule has 3 heteroatoms. The summed E-state index contributed by atoms with van der Waals surface area (Å²) in [4.78, 5) is 0. The molecule has 1 aromatic carbocycles. The van der Waals surface area contributed by atoms with Crippen LogP contribution in [-0.4, -0.2) is 17.8 Å². The van der Waals surface area contributed by atoms with Crippen LogP contribution in [0.25, 0.3) is 0 Å². The molecule has 2 N–H and O–H groups in total. The molecule has 0 aliphatic carbocycles. The lowest BCUT2D eigenvalue weighted by Crippen LogP contribution is -2.15. The Balaban J connectivity index is 2.42. The molecule has 0 aromatic heterocycles. The molecule has 1 unspecified atom stereocenters. The van der Waals surface area contributed by atoms with Gasteiger partial charge in [0.1, 0.15) is 5.75 Å². The lowest BCUT2D eigenvalue weighted by Gasteiger charge is -2.17. The molecule has 0 aliphatic heterocycles. The van der Waals surface area contributed by atoms with Crippen molar-refractivity contribution < 1.29 is 9.84 Å². The third-order valence-corrected chi connectivity index (χ3v) is 3.68. The fourth-order valence-electron chi connectivity index (χ4n) is 2.50. The normalized spacial score (nSPS) is 12.2. The van der Waals surface area contributed by atoms with Crippen LogP contribution in [0, 0.1) is 0 Å². The first-order valence-electron chi connectivity index (χ1n) is 8.34. The molecule has 1 rings (SSSR count). The minimum Gasteiger partial charge on any atom is -0.494 e. The monoisotopic (exact) mass is 293 g/mol. The number of unbranched alkanes of at least 4 members (excludes halogenated alkanes) is 4. The summed E-state index contributed by atoms with van der Waals surface area (Å²) in [6.07, 6.45) is 7.78. The van der Waals surface area contributed by atoms with E-state index in [0.29, 0.717) is 12.6 Å². The molecule has 120 valence electrons. The Morgan fingerprint density at radius 1 is 1.14 bits per heavy atom. The van der Waals surface area contributed by atoms with Gasteiger partial charge in [0.2, 0.25) is 0 Å². The van der Waals surface area contributed by atoms with E-state index in [4.69, 9.17) is 4.74 Å². The largest absolute Gasteiger partial charge is 0.494 e. The smallest absolute Gasteiger partial charge is 0.124 e. The van der Waals surface area contributed by atoms with Crippen molar-refractivity contribution in [2.45, 2.75) is 71.9 Å². The van der Waals surface area contributed by atoms with E-state index < -0.39 is 0 Å². The number of nitrogens with one attached hydrogen (secondary N) is 1. The second-order valence-corrected chi connectivity index (χ2v) is 5.66. The van der Waals surface area contributed by atoms with Crippen molar-refractivity contribution in [3.8, 4) is 5.75 Å². The number of ether oxygens (including phenoxy) is 1. The van der Waals surface area contributed by atoms with Gasteiger partial charge >= 0.3 is 0 Å². The zero-order valence-electron chi connectivity index (χ0n) is 13.8. The molecule has 0 amide bonds. The van der Waals surface area contributed by atoms with Gasteiger partial charge in [-0.3, -0.25) is 0 Å². The molecule has 21 heavy (non-hydrogen) atoms. The van der Waals surface area contributed by atoms with Gasteiger partial charge in [-0.25, -0.2) is 0 Å². The molecule has 0 spiro atoms. The molecule has 3 nitrogen and oxygen atoms in total. The van der Waals surface area contributed by atoms with E-state index in [1.54, 1.807) is 0 Å². The van der Waals surface area contributed by atoms with Gasteiger partial charge in [-0.1, -0.05) is 39.0 Å². The van der Waals surface area contributed by atoms with Crippen molar-refractivity contribution in [1.82, 2.24) is 0 Å². The van der Waals surface area contributed by atoms with Gasteiger partial charge in [-0.15, -0.1) is 0 Å². The van der Waals surface area contributed by atoms with Crippen LogP contribution < -0.4 is 10.1 Å². The van der Waals surface area contributed by atoms with E-state index in [1.165, 1.54) is 38.5 Å². The van der Waals surface area contributed by atoms with E-state index in [-0.39, 0.29) is 6.61 Å². The first-order chi connectivity index (χ1) is 10.2. The molecule has 1 aromatic rings. The molecular weight excluding hydrogens is 262 g/mol. The molecule has 0 bridgehead atoms. The SMILES string of the molecule is CCCCCCCC(C)Nc1ccc(OCC)c(CO)c1. The third kappa shape index (κ3) is 6.85. The van der Waals surface area contributed by atoms with Crippen LogP contribution in [0.5, 0.6) is 5.75 Å². The summed E-state index contributed by atoms with van der Waals surface area (Å²) in [6, 6.07) is 6.40. The zero-order chi connectivity index (χ0) is 15.5. The van der Waals surface area contributed by atoms with E-state index in [0.717, 1.165) is 17.0 Å². The summed E-state index contributed by atoms with van der Waals surface area (Å²) in [5, 5.41) is 12.9. The Bertz CT molecular complexity index is 393. The first-order valence-corrected chi connectivity index (χ1v) is 8.34. The van der Waals surface area contributed by atoms with E-state index in [9.17, 15) is 5.11 Å². The number of hydrogen-bond donors (Lipinski definition) is 2. The van der Waals surface area contributed by atoms with Gasteiger partial charge in [-0.05, 0) is 38.5 Å². The highest BCUT2D eigenvalue weighted by Gasteiger charge is 2.06. The van der Waals surface area contributed by atoms with Gasteiger partial charge in [0, 0.05) is 17.3 Å². The van der Waals surface area contributed by atoms with Crippen molar-refractivity contribution in [1.29, 1.82) is 0 Å². The number of benzene rings is 1. The van der Waals surface area contributed by atoms with Crippen molar-refractivity contribution in [3.63, 3.8) is 0 Å². The highest BCUT2D eigenvalue weighted by Crippen LogP contribution is 2.24. The van der Waals surface area contributed by atoms with Crippen LogP contribution >= 0.6 is 0 Å². The first kappa shape index (κ1) is 17.8. The van der Waals surface area contributed by atoms with Crippen LogP contribution in [-0.2, 0) is 6.61 Å². The van der Waals surface area contributed by atoms with Crippen LogP contribution in [0.2, 0.25) is 0 Å². The molecular formula is C18H31NO2. The summed E-state index contributed by atoms with van der Waals surface area (Å²) < 4.78 is 5.50. The van der Waals surface area contributed by atoms with E-state index >= 15 is 0 Å².